The zero-order chi connectivity index (χ0) is 18.9. The quantitative estimate of drug-likeness (QED) is 0.737. The molecule has 5 nitrogen and oxygen atoms in total. The number of halogens is 2. The average molecular weight is 365 g/mol. The Morgan fingerprint density at radius 2 is 1.85 bits per heavy atom. The highest BCUT2D eigenvalue weighted by molar-refractivity contribution is 5.94. The first-order chi connectivity index (χ1) is 12.5. The molecule has 7 heteroatoms. The smallest absolute Gasteiger partial charge is 0.387 e. The fourth-order valence-corrected chi connectivity index (χ4v) is 2.34. The Labute approximate surface area is 150 Å². The molecule has 0 spiro atoms. The molecule has 0 saturated heterocycles. The number of carbonyl (C=O) groups is 1. The van der Waals surface area contributed by atoms with Crippen LogP contribution >= 0.6 is 0 Å². The van der Waals surface area contributed by atoms with Gasteiger partial charge in [0.15, 0.2) is 11.5 Å². The minimum atomic E-state index is -2.84. The van der Waals surface area contributed by atoms with E-state index in [0.717, 1.165) is 5.56 Å². The van der Waals surface area contributed by atoms with Gasteiger partial charge in [0.2, 0.25) is 0 Å². The van der Waals surface area contributed by atoms with Crippen molar-refractivity contribution >= 4 is 5.91 Å². The van der Waals surface area contributed by atoms with E-state index in [2.05, 4.69) is 10.1 Å². The number of benzene rings is 2. The van der Waals surface area contributed by atoms with E-state index >= 15 is 0 Å². The number of rotatable bonds is 9. The van der Waals surface area contributed by atoms with E-state index in [1.807, 2.05) is 6.92 Å². The molecule has 0 heterocycles. The topological polar surface area (TPSA) is 56.8 Å². The molecule has 0 radical (unpaired) electrons. The van der Waals surface area contributed by atoms with Gasteiger partial charge < -0.3 is 19.5 Å². The Kier molecular flexibility index (Phi) is 7.20. The zero-order valence-electron chi connectivity index (χ0n) is 14.6. The lowest BCUT2D eigenvalue weighted by atomic mass is 10.1. The van der Waals surface area contributed by atoms with Crippen LogP contribution in [0, 0.1) is 0 Å². The summed E-state index contributed by atoms with van der Waals surface area (Å²) in [5, 5.41) is 2.81. The van der Waals surface area contributed by atoms with Crippen molar-refractivity contribution in [1.29, 1.82) is 0 Å². The van der Waals surface area contributed by atoms with Crippen LogP contribution in [-0.4, -0.2) is 32.8 Å². The van der Waals surface area contributed by atoms with Crippen molar-refractivity contribution in [3.63, 3.8) is 0 Å². The molecule has 1 N–H and O–H groups in total. The summed E-state index contributed by atoms with van der Waals surface area (Å²) in [5.41, 5.74) is 1.36. The second-order valence-corrected chi connectivity index (χ2v) is 5.33. The molecule has 1 amide bonds. The summed E-state index contributed by atoms with van der Waals surface area (Å²) >= 11 is 0. The highest BCUT2D eigenvalue weighted by Crippen LogP contribution is 2.28. The van der Waals surface area contributed by atoms with E-state index in [1.54, 1.807) is 30.3 Å². The summed E-state index contributed by atoms with van der Waals surface area (Å²) in [4.78, 5) is 12.2. The number of hydrogen-bond acceptors (Lipinski definition) is 4. The molecule has 0 atom stereocenters. The summed E-state index contributed by atoms with van der Waals surface area (Å²) in [6.07, 6.45) is 0.564. The molecular formula is C19H21F2NO4. The minimum absolute atomic E-state index is 0.106. The maximum atomic E-state index is 12.2. The first-order valence-corrected chi connectivity index (χ1v) is 8.16. The van der Waals surface area contributed by atoms with Crippen LogP contribution in [0.4, 0.5) is 8.78 Å². The number of nitrogens with one attached hydrogen (secondary N) is 1. The zero-order valence-corrected chi connectivity index (χ0v) is 14.6. The monoisotopic (exact) mass is 365 g/mol. The van der Waals surface area contributed by atoms with Gasteiger partial charge in [-0.25, -0.2) is 0 Å². The van der Waals surface area contributed by atoms with E-state index in [0.29, 0.717) is 36.6 Å². The van der Waals surface area contributed by atoms with Crippen molar-refractivity contribution in [1.82, 2.24) is 5.32 Å². The van der Waals surface area contributed by atoms with Gasteiger partial charge in [-0.2, -0.15) is 8.78 Å². The molecule has 0 bridgehead atoms. The van der Waals surface area contributed by atoms with Crippen LogP contribution in [0.2, 0.25) is 0 Å². The summed E-state index contributed by atoms with van der Waals surface area (Å²) in [6, 6.07) is 11.3. The Bertz CT molecular complexity index is 720. The number of alkyl halides is 2. The third-order valence-electron chi connectivity index (χ3n) is 3.57. The highest BCUT2D eigenvalue weighted by Gasteiger charge is 2.11. The van der Waals surface area contributed by atoms with E-state index in [1.165, 1.54) is 19.2 Å². The molecule has 0 unspecified atom stereocenters. The van der Waals surface area contributed by atoms with Crippen molar-refractivity contribution in [3.8, 4) is 17.2 Å². The molecule has 2 rings (SSSR count). The first kappa shape index (κ1) is 19.5. The Morgan fingerprint density at radius 1 is 1.12 bits per heavy atom. The van der Waals surface area contributed by atoms with Crippen LogP contribution in [0.3, 0.4) is 0 Å². The van der Waals surface area contributed by atoms with Crippen LogP contribution in [0.5, 0.6) is 17.2 Å². The second kappa shape index (κ2) is 9.60. The normalized spacial score (nSPS) is 10.5. The Morgan fingerprint density at radius 3 is 2.46 bits per heavy atom. The summed E-state index contributed by atoms with van der Waals surface area (Å²) < 4.78 is 39.2. The van der Waals surface area contributed by atoms with Gasteiger partial charge in [-0.1, -0.05) is 12.1 Å². The van der Waals surface area contributed by atoms with E-state index in [-0.39, 0.29) is 11.7 Å². The lowest BCUT2D eigenvalue weighted by molar-refractivity contribution is -0.0498. The van der Waals surface area contributed by atoms with E-state index < -0.39 is 6.61 Å². The average Bonchev–Trinajstić information content (AvgIpc) is 2.63. The minimum Gasteiger partial charge on any atom is -0.493 e. The molecule has 0 aliphatic carbocycles. The van der Waals surface area contributed by atoms with Gasteiger partial charge >= 0.3 is 6.61 Å². The van der Waals surface area contributed by atoms with Crippen molar-refractivity contribution in [2.45, 2.75) is 20.0 Å². The number of amides is 1. The van der Waals surface area contributed by atoms with Gasteiger partial charge in [-0.05, 0) is 49.2 Å². The van der Waals surface area contributed by atoms with Gasteiger partial charge in [-0.15, -0.1) is 0 Å². The molecule has 0 aliphatic rings. The van der Waals surface area contributed by atoms with Crippen LogP contribution in [0.1, 0.15) is 22.8 Å². The fourth-order valence-electron chi connectivity index (χ4n) is 2.34. The fraction of sp³-hybridized carbons (Fsp3) is 0.316. The largest absolute Gasteiger partial charge is 0.493 e. The predicted molar refractivity (Wildman–Crippen MR) is 93.3 cm³/mol. The summed E-state index contributed by atoms with van der Waals surface area (Å²) in [5.74, 6) is 0.949. The molecule has 0 aliphatic heterocycles. The van der Waals surface area contributed by atoms with E-state index in [4.69, 9.17) is 9.47 Å². The van der Waals surface area contributed by atoms with Crippen LogP contribution in [0.25, 0.3) is 0 Å². The van der Waals surface area contributed by atoms with Gasteiger partial charge in [0.05, 0.1) is 13.7 Å². The van der Waals surface area contributed by atoms with Crippen molar-refractivity contribution in [3.05, 3.63) is 53.6 Å². The highest BCUT2D eigenvalue weighted by atomic mass is 19.3. The van der Waals surface area contributed by atoms with Gasteiger partial charge in [0, 0.05) is 12.1 Å². The predicted octanol–water partition coefficient (Wildman–Crippen LogP) is 3.67. The van der Waals surface area contributed by atoms with Gasteiger partial charge in [0.1, 0.15) is 5.75 Å². The standard InChI is InChI=1S/C19H21F2NO4/c1-3-25-16-9-6-14(12-17(16)24-2)18(23)22-11-10-13-4-7-15(8-5-13)26-19(20)21/h4-9,12,19H,3,10-11H2,1-2H3,(H,22,23). The molecule has 2 aromatic rings. The van der Waals surface area contributed by atoms with Crippen LogP contribution < -0.4 is 19.5 Å². The van der Waals surface area contributed by atoms with Crippen LogP contribution in [0.15, 0.2) is 42.5 Å². The van der Waals surface area contributed by atoms with Gasteiger partial charge in [-0.3, -0.25) is 4.79 Å². The third kappa shape index (κ3) is 5.61. The number of ether oxygens (including phenoxy) is 3. The first-order valence-electron chi connectivity index (χ1n) is 8.16. The summed E-state index contributed by atoms with van der Waals surface area (Å²) in [6.45, 7) is -0.0650. The molecule has 0 aromatic heterocycles. The van der Waals surface area contributed by atoms with E-state index in [9.17, 15) is 13.6 Å². The number of methoxy groups -OCH3 is 1. The van der Waals surface area contributed by atoms with Crippen LogP contribution in [-0.2, 0) is 6.42 Å². The molecule has 140 valence electrons. The number of carbonyl (C=O) groups excluding carboxylic acids is 1. The molecule has 0 fully saturated rings. The lowest BCUT2D eigenvalue weighted by Crippen LogP contribution is -2.25. The third-order valence-corrected chi connectivity index (χ3v) is 3.57. The Balaban J connectivity index is 1.88. The molecular weight excluding hydrogens is 344 g/mol. The van der Waals surface area contributed by atoms with Crippen molar-refractivity contribution in [2.24, 2.45) is 0 Å². The summed E-state index contributed by atoms with van der Waals surface area (Å²) in [7, 11) is 1.51. The molecule has 2 aromatic carbocycles. The number of hydrogen-bond donors (Lipinski definition) is 1. The lowest BCUT2D eigenvalue weighted by Gasteiger charge is -2.11. The maximum absolute atomic E-state index is 12.2. The van der Waals surface area contributed by atoms with Crippen molar-refractivity contribution < 1.29 is 27.8 Å². The molecule has 0 saturated carbocycles. The maximum Gasteiger partial charge on any atom is 0.387 e. The SMILES string of the molecule is CCOc1ccc(C(=O)NCCc2ccc(OC(F)F)cc2)cc1OC. The van der Waals surface area contributed by atoms with Crippen molar-refractivity contribution in [2.75, 3.05) is 20.3 Å². The Hall–Kier alpha value is -2.83. The second-order valence-electron chi connectivity index (χ2n) is 5.33. The molecule has 26 heavy (non-hydrogen) atoms. The van der Waals surface area contributed by atoms with Gasteiger partial charge in [0.25, 0.3) is 5.91 Å².